The summed E-state index contributed by atoms with van der Waals surface area (Å²) in [6, 6.07) is -0.0854. The zero-order chi connectivity index (χ0) is 14.2. The quantitative estimate of drug-likeness (QED) is 0.879. The molecule has 2 heterocycles. The maximum atomic E-state index is 12.8. The van der Waals surface area contributed by atoms with E-state index in [0.717, 1.165) is 19.3 Å². The van der Waals surface area contributed by atoms with Crippen molar-refractivity contribution in [3.63, 3.8) is 0 Å². The van der Waals surface area contributed by atoms with Gasteiger partial charge in [-0.05, 0) is 26.7 Å². The fraction of sp³-hybridized carbons (Fsp3) is 0.750. The molecule has 1 fully saturated rings. The Morgan fingerprint density at radius 2 is 2.05 bits per heavy atom. The summed E-state index contributed by atoms with van der Waals surface area (Å²) in [5.41, 5.74) is 6.96. The highest BCUT2D eigenvalue weighted by Gasteiger charge is 2.36. The molecule has 0 aromatic carbocycles. The highest BCUT2D eigenvalue weighted by molar-refractivity contribution is 7.89. The third-order valence-corrected chi connectivity index (χ3v) is 6.06. The molecule has 2 rings (SSSR count). The number of aromatic nitrogens is 2. The van der Waals surface area contributed by atoms with E-state index in [1.54, 1.807) is 29.9 Å². The number of hydrogen-bond donors (Lipinski definition) is 1. The van der Waals surface area contributed by atoms with Crippen LogP contribution in [0.15, 0.2) is 4.90 Å². The van der Waals surface area contributed by atoms with Gasteiger partial charge in [0.1, 0.15) is 4.90 Å². The minimum absolute atomic E-state index is 0.0854. The third-order valence-electron chi connectivity index (χ3n) is 3.85. The van der Waals surface area contributed by atoms with Crippen molar-refractivity contribution < 1.29 is 8.42 Å². The Balaban J connectivity index is 2.46. The summed E-state index contributed by atoms with van der Waals surface area (Å²) in [4.78, 5) is 0.343. The SMILES string of the molecule is Cc1nn(C)c(C)c1S(=O)(=O)N1CCCCC1CN. The monoisotopic (exact) mass is 286 g/mol. The van der Waals surface area contributed by atoms with Crippen molar-refractivity contribution in [3.8, 4) is 0 Å². The van der Waals surface area contributed by atoms with Crippen LogP contribution in [0.2, 0.25) is 0 Å². The molecule has 1 unspecified atom stereocenters. The van der Waals surface area contributed by atoms with Crippen molar-refractivity contribution in [2.24, 2.45) is 12.8 Å². The van der Waals surface area contributed by atoms with E-state index in [4.69, 9.17) is 5.73 Å². The first-order valence-corrected chi connectivity index (χ1v) is 8.05. The Labute approximate surface area is 114 Å². The van der Waals surface area contributed by atoms with E-state index in [1.807, 2.05) is 0 Å². The van der Waals surface area contributed by atoms with Gasteiger partial charge in [-0.25, -0.2) is 8.42 Å². The number of aryl methyl sites for hydroxylation is 2. The lowest BCUT2D eigenvalue weighted by atomic mass is 10.1. The molecule has 1 aliphatic rings. The van der Waals surface area contributed by atoms with E-state index in [0.29, 0.717) is 29.4 Å². The number of hydrogen-bond acceptors (Lipinski definition) is 4. The van der Waals surface area contributed by atoms with E-state index in [-0.39, 0.29) is 6.04 Å². The zero-order valence-electron chi connectivity index (χ0n) is 11.8. The highest BCUT2D eigenvalue weighted by Crippen LogP contribution is 2.28. The van der Waals surface area contributed by atoms with Gasteiger partial charge < -0.3 is 5.73 Å². The number of rotatable bonds is 3. The van der Waals surface area contributed by atoms with Gasteiger partial charge in [0.25, 0.3) is 0 Å². The van der Waals surface area contributed by atoms with Crippen LogP contribution in [0.25, 0.3) is 0 Å². The molecule has 108 valence electrons. The van der Waals surface area contributed by atoms with Crippen molar-refractivity contribution in [2.75, 3.05) is 13.1 Å². The molecule has 1 atom stereocenters. The first kappa shape index (κ1) is 14.5. The Bertz CT molecular complexity index is 565. The Kier molecular flexibility index (Phi) is 3.98. The van der Waals surface area contributed by atoms with Crippen LogP contribution in [-0.2, 0) is 17.1 Å². The number of piperidine rings is 1. The standard InChI is InChI=1S/C12H22N4O2S/c1-9-12(10(2)15(3)14-9)19(17,18)16-7-5-4-6-11(16)8-13/h11H,4-8,13H2,1-3H3. The van der Waals surface area contributed by atoms with Crippen LogP contribution in [0.1, 0.15) is 30.7 Å². The van der Waals surface area contributed by atoms with E-state index in [9.17, 15) is 8.42 Å². The molecule has 0 saturated carbocycles. The fourth-order valence-corrected chi connectivity index (χ4v) is 4.88. The average Bonchev–Trinajstić information content (AvgIpc) is 2.63. The number of sulfonamides is 1. The number of nitrogens with zero attached hydrogens (tertiary/aromatic N) is 3. The average molecular weight is 286 g/mol. The van der Waals surface area contributed by atoms with Crippen LogP contribution in [0.3, 0.4) is 0 Å². The summed E-state index contributed by atoms with van der Waals surface area (Å²) >= 11 is 0. The zero-order valence-corrected chi connectivity index (χ0v) is 12.6. The van der Waals surface area contributed by atoms with Gasteiger partial charge in [0.15, 0.2) is 0 Å². The molecule has 0 amide bonds. The third kappa shape index (κ3) is 2.42. The first-order chi connectivity index (χ1) is 8.89. The molecule has 1 saturated heterocycles. The second-order valence-corrected chi connectivity index (χ2v) is 6.95. The minimum atomic E-state index is -3.49. The molecule has 0 aliphatic carbocycles. The number of nitrogens with two attached hydrogens (primary N) is 1. The van der Waals surface area contributed by atoms with Crippen LogP contribution in [0.4, 0.5) is 0 Å². The van der Waals surface area contributed by atoms with Crippen LogP contribution < -0.4 is 5.73 Å². The van der Waals surface area contributed by atoms with Gasteiger partial charge in [-0.15, -0.1) is 0 Å². The summed E-state index contributed by atoms with van der Waals surface area (Å²) in [5, 5.41) is 4.20. The van der Waals surface area contributed by atoms with E-state index in [1.165, 1.54) is 0 Å². The molecule has 0 bridgehead atoms. The molecule has 2 N–H and O–H groups in total. The van der Waals surface area contributed by atoms with Crippen LogP contribution >= 0.6 is 0 Å². The second-order valence-electron chi connectivity index (χ2n) is 5.12. The normalized spacial score (nSPS) is 21.8. The molecule has 1 aromatic rings. The van der Waals surface area contributed by atoms with Crippen molar-refractivity contribution in [1.82, 2.24) is 14.1 Å². The molecule has 1 aliphatic heterocycles. The largest absolute Gasteiger partial charge is 0.329 e. The highest BCUT2D eigenvalue weighted by atomic mass is 32.2. The Hall–Kier alpha value is -0.920. The van der Waals surface area contributed by atoms with Crippen LogP contribution in [-0.4, -0.2) is 41.6 Å². The van der Waals surface area contributed by atoms with Crippen molar-refractivity contribution in [3.05, 3.63) is 11.4 Å². The predicted octanol–water partition coefficient (Wildman–Crippen LogP) is 0.539. The first-order valence-electron chi connectivity index (χ1n) is 6.61. The van der Waals surface area contributed by atoms with E-state index < -0.39 is 10.0 Å². The smallest absolute Gasteiger partial charge is 0.247 e. The summed E-state index contributed by atoms with van der Waals surface area (Å²) in [5.74, 6) is 0. The van der Waals surface area contributed by atoms with Gasteiger partial charge in [-0.2, -0.15) is 9.40 Å². The van der Waals surface area contributed by atoms with Crippen molar-refractivity contribution in [2.45, 2.75) is 44.0 Å². The van der Waals surface area contributed by atoms with Crippen LogP contribution in [0.5, 0.6) is 0 Å². The summed E-state index contributed by atoms with van der Waals surface area (Å²) in [6.45, 7) is 4.45. The Morgan fingerprint density at radius 3 is 2.58 bits per heavy atom. The maximum Gasteiger partial charge on any atom is 0.247 e. The maximum absolute atomic E-state index is 12.8. The van der Waals surface area contributed by atoms with E-state index >= 15 is 0 Å². The Morgan fingerprint density at radius 1 is 1.37 bits per heavy atom. The summed E-state index contributed by atoms with van der Waals surface area (Å²) < 4.78 is 28.8. The summed E-state index contributed by atoms with van der Waals surface area (Å²) in [7, 11) is -1.73. The van der Waals surface area contributed by atoms with Gasteiger partial charge in [-0.3, -0.25) is 4.68 Å². The second kappa shape index (κ2) is 5.22. The van der Waals surface area contributed by atoms with Crippen LogP contribution in [0, 0.1) is 13.8 Å². The predicted molar refractivity (Wildman–Crippen MR) is 73.3 cm³/mol. The lowest BCUT2D eigenvalue weighted by Gasteiger charge is -2.33. The molecule has 1 aromatic heterocycles. The topological polar surface area (TPSA) is 81.2 Å². The van der Waals surface area contributed by atoms with Crippen molar-refractivity contribution >= 4 is 10.0 Å². The fourth-order valence-electron chi connectivity index (χ4n) is 2.77. The lowest BCUT2D eigenvalue weighted by Crippen LogP contribution is -2.47. The summed E-state index contributed by atoms with van der Waals surface area (Å²) in [6.07, 6.45) is 2.78. The van der Waals surface area contributed by atoms with Crippen molar-refractivity contribution in [1.29, 1.82) is 0 Å². The lowest BCUT2D eigenvalue weighted by molar-refractivity contribution is 0.257. The molecule has 0 spiro atoms. The van der Waals surface area contributed by atoms with Gasteiger partial charge >= 0.3 is 0 Å². The molecule has 7 heteroatoms. The molecular formula is C12H22N4O2S. The van der Waals surface area contributed by atoms with Gasteiger partial charge in [0.2, 0.25) is 10.0 Å². The van der Waals surface area contributed by atoms with Gasteiger partial charge in [0, 0.05) is 26.2 Å². The van der Waals surface area contributed by atoms with Gasteiger partial charge in [-0.1, -0.05) is 6.42 Å². The van der Waals surface area contributed by atoms with E-state index in [2.05, 4.69) is 5.10 Å². The molecule has 19 heavy (non-hydrogen) atoms. The minimum Gasteiger partial charge on any atom is -0.329 e. The van der Waals surface area contributed by atoms with Gasteiger partial charge in [0.05, 0.1) is 11.4 Å². The molecule has 0 radical (unpaired) electrons. The molecule has 6 nitrogen and oxygen atoms in total. The molecular weight excluding hydrogens is 264 g/mol.